The van der Waals surface area contributed by atoms with Gasteiger partial charge in [0, 0.05) is 6.54 Å². The molecule has 0 aliphatic carbocycles. The summed E-state index contributed by atoms with van der Waals surface area (Å²) < 4.78 is 0. The minimum atomic E-state index is -1.17. The lowest BCUT2D eigenvalue weighted by atomic mass is 10.0. The second kappa shape index (κ2) is 10.7. The molecule has 0 saturated carbocycles. The molecule has 30 heavy (non-hydrogen) atoms. The first kappa shape index (κ1) is 24.1. The molecule has 2 rings (SSSR count). The third kappa shape index (κ3) is 6.15. The Morgan fingerprint density at radius 3 is 2.30 bits per heavy atom. The maximum absolute atomic E-state index is 13.1. The summed E-state index contributed by atoms with van der Waals surface area (Å²) in [7, 11) is 0. The van der Waals surface area contributed by atoms with Crippen LogP contribution in [0.15, 0.2) is 0 Å². The quantitative estimate of drug-likeness (QED) is 0.324. The van der Waals surface area contributed by atoms with E-state index in [1.54, 1.807) is 0 Å². The zero-order chi connectivity index (χ0) is 22.4. The molecule has 2 fully saturated rings. The van der Waals surface area contributed by atoms with E-state index in [4.69, 9.17) is 0 Å². The molecular formula is C20H34N4O6. The van der Waals surface area contributed by atoms with E-state index in [2.05, 4.69) is 16.0 Å². The molecule has 0 aromatic carbocycles. The van der Waals surface area contributed by atoms with E-state index in [1.807, 2.05) is 13.8 Å². The van der Waals surface area contributed by atoms with Crippen LogP contribution in [0.5, 0.6) is 0 Å². The Balaban J connectivity index is 2.06. The molecule has 2 heterocycles. The molecule has 0 aromatic rings. The number of nitrogens with zero attached hydrogens (tertiary/aromatic N) is 1. The summed E-state index contributed by atoms with van der Waals surface area (Å²) in [5.41, 5.74) is 0. The van der Waals surface area contributed by atoms with Gasteiger partial charge in [0.15, 0.2) is 0 Å². The van der Waals surface area contributed by atoms with Crippen molar-refractivity contribution in [1.82, 2.24) is 20.9 Å². The van der Waals surface area contributed by atoms with Gasteiger partial charge in [0.2, 0.25) is 17.7 Å². The summed E-state index contributed by atoms with van der Waals surface area (Å²) in [5, 5.41) is 27.7. The largest absolute Gasteiger partial charge is 0.480 e. The first-order valence-corrected chi connectivity index (χ1v) is 10.7. The van der Waals surface area contributed by atoms with Gasteiger partial charge >= 0.3 is 5.97 Å². The van der Waals surface area contributed by atoms with Crippen molar-refractivity contribution >= 4 is 23.7 Å². The lowest BCUT2D eigenvalue weighted by Crippen LogP contribution is -2.59. The molecule has 2 aliphatic heterocycles. The molecule has 5 N–H and O–H groups in total. The van der Waals surface area contributed by atoms with Crippen molar-refractivity contribution in [3.05, 3.63) is 0 Å². The number of carboxylic acids is 1. The Kier molecular flexibility index (Phi) is 8.60. The van der Waals surface area contributed by atoms with E-state index in [0.29, 0.717) is 25.8 Å². The molecule has 3 amide bonds. The van der Waals surface area contributed by atoms with Gasteiger partial charge in [0.25, 0.3) is 0 Å². The molecule has 0 radical (unpaired) electrons. The molecule has 0 spiro atoms. The number of carbonyl (C=O) groups excluding carboxylic acids is 3. The highest BCUT2D eigenvalue weighted by Crippen LogP contribution is 2.20. The van der Waals surface area contributed by atoms with Crippen LogP contribution in [-0.2, 0) is 19.2 Å². The van der Waals surface area contributed by atoms with Crippen molar-refractivity contribution in [3.63, 3.8) is 0 Å². The zero-order valence-electron chi connectivity index (χ0n) is 17.9. The summed E-state index contributed by atoms with van der Waals surface area (Å²) in [6, 6.07) is -3.42. The van der Waals surface area contributed by atoms with Crippen LogP contribution in [0.2, 0.25) is 0 Å². The van der Waals surface area contributed by atoms with E-state index in [1.165, 1.54) is 11.8 Å². The van der Waals surface area contributed by atoms with E-state index in [0.717, 1.165) is 13.0 Å². The fourth-order valence-corrected chi connectivity index (χ4v) is 3.99. The summed E-state index contributed by atoms with van der Waals surface area (Å²) >= 11 is 0. The van der Waals surface area contributed by atoms with Crippen LogP contribution in [0.3, 0.4) is 0 Å². The van der Waals surface area contributed by atoms with Gasteiger partial charge in [-0.15, -0.1) is 0 Å². The predicted octanol–water partition coefficient (Wildman–Crippen LogP) is -0.789. The molecule has 5 atom stereocenters. The number of aliphatic hydroxyl groups excluding tert-OH is 1. The van der Waals surface area contributed by atoms with E-state index < -0.39 is 48.1 Å². The van der Waals surface area contributed by atoms with Gasteiger partial charge in [0.1, 0.15) is 18.1 Å². The molecule has 10 heteroatoms. The highest BCUT2D eigenvalue weighted by Gasteiger charge is 2.40. The molecule has 170 valence electrons. The lowest BCUT2D eigenvalue weighted by Gasteiger charge is -2.31. The maximum Gasteiger partial charge on any atom is 0.326 e. The smallest absolute Gasteiger partial charge is 0.326 e. The summed E-state index contributed by atoms with van der Waals surface area (Å²) in [6.07, 6.45) is 1.64. The fraction of sp³-hybridized carbons (Fsp3) is 0.800. The van der Waals surface area contributed by atoms with Gasteiger partial charge < -0.3 is 31.1 Å². The first-order chi connectivity index (χ1) is 14.1. The number of carbonyl (C=O) groups is 4. The van der Waals surface area contributed by atoms with Gasteiger partial charge in [-0.3, -0.25) is 14.4 Å². The van der Waals surface area contributed by atoms with E-state index in [9.17, 15) is 29.4 Å². The topological polar surface area (TPSA) is 148 Å². The van der Waals surface area contributed by atoms with E-state index >= 15 is 0 Å². The maximum atomic E-state index is 13.1. The van der Waals surface area contributed by atoms with Crippen LogP contribution in [0.1, 0.15) is 52.9 Å². The SMILES string of the molecule is CC(C)CC(NC(=O)C1CCCN1C(=O)C(NC(=O)C1CCCN1)C(C)O)C(=O)O. The van der Waals surface area contributed by atoms with Gasteiger partial charge in [-0.05, 0) is 51.5 Å². The van der Waals surface area contributed by atoms with E-state index in [-0.39, 0.29) is 18.2 Å². The number of nitrogens with one attached hydrogen (secondary N) is 3. The number of likely N-dealkylation sites (tertiary alicyclic amines) is 1. The highest BCUT2D eigenvalue weighted by atomic mass is 16.4. The molecule has 2 saturated heterocycles. The summed E-state index contributed by atoms with van der Waals surface area (Å²) in [5.74, 6) is -2.46. The van der Waals surface area contributed by atoms with Gasteiger partial charge in [-0.2, -0.15) is 0 Å². The molecule has 10 nitrogen and oxygen atoms in total. The number of rotatable bonds is 9. The van der Waals surface area contributed by atoms with Crippen molar-refractivity contribution in [2.75, 3.05) is 13.1 Å². The summed E-state index contributed by atoms with van der Waals surface area (Å²) in [4.78, 5) is 51.1. The molecule has 5 unspecified atom stereocenters. The van der Waals surface area contributed by atoms with Crippen LogP contribution in [0, 0.1) is 5.92 Å². The van der Waals surface area contributed by atoms with Crippen LogP contribution in [-0.4, -0.2) is 82.2 Å². The van der Waals surface area contributed by atoms with Crippen LogP contribution >= 0.6 is 0 Å². The van der Waals surface area contributed by atoms with Crippen LogP contribution in [0.25, 0.3) is 0 Å². The fourth-order valence-electron chi connectivity index (χ4n) is 3.99. The van der Waals surface area contributed by atoms with Gasteiger partial charge in [-0.1, -0.05) is 13.8 Å². The minimum Gasteiger partial charge on any atom is -0.480 e. The van der Waals surface area contributed by atoms with Crippen molar-refractivity contribution in [2.24, 2.45) is 5.92 Å². The second-order valence-corrected chi connectivity index (χ2v) is 8.59. The number of carboxylic acid groups (broad SMARTS) is 1. The average Bonchev–Trinajstić information content (AvgIpc) is 3.35. The Hall–Kier alpha value is -2.20. The normalized spacial score (nSPS) is 24.4. The zero-order valence-corrected chi connectivity index (χ0v) is 17.9. The number of amides is 3. The third-order valence-corrected chi connectivity index (χ3v) is 5.58. The first-order valence-electron chi connectivity index (χ1n) is 10.7. The lowest BCUT2D eigenvalue weighted by molar-refractivity contribution is -0.146. The molecule has 2 aliphatic rings. The Bertz CT molecular complexity index is 647. The van der Waals surface area contributed by atoms with Crippen molar-refractivity contribution in [3.8, 4) is 0 Å². The Morgan fingerprint density at radius 2 is 1.77 bits per heavy atom. The van der Waals surface area contributed by atoms with Crippen molar-refractivity contribution < 1.29 is 29.4 Å². The summed E-state index contributed by atoms with van der Waals surface area (Å²) in [6.45, 7) is 6.17. The monoisotopic (exact) mass is 426 g/mol. The second-order valence-electron chi connectivity index (χ2n) is 8.59. The van der Waals surface area contributed by atoms with Gasteiger partial charge in [-0.25, -0.2) is 4.79 Å². The number of hydrogen-bond donors (Lipinski definition) is 5. The minimum absolute atomic E-state index is 0.0757. The van der Waals surface area contributed by atoms with Crippen molar-refractivity contribution in [1.29, 1.82) is 0 Å². The Morgan fingerprint density at radius 1 is 1.07 bits per heavy atom. The standard InChI is InChI=1S/C20H34N4O6/c1-11(2)10-14(20(29)30)22-18(27)15-7-5-9-24(15)19(28)16(12(3)25)23-17(26)13-6-4-8-21-13/h11-16,21,25H,4-10H2,1-3H3,(H,22,27)(H,23,26)(H,29,30). The van der Waals surface area contributed by atoms with Crippen LogP contribution in [0.4, 0.5) is 0 Å². The average molecular weight is 427 g/mol. The molecule has 0 aromatic heterocycles. The number of hydrogen-bond acceptors (Lipinski definition) is 6. The Labute approximate surface area is 176 Å². The van der Waals surface area contributed by atoms with Gasteiger partial charge in [0.05, 0.1) is 12.1 Å². The third-order valence-electron chi connectivity index (χ3n) is 5.58. The highest BCUT2D eigenvalue weighted by molar-refractivity contribution is 5.94. The van der Waals surface area contributed by atoms with Crippen LogP contribution < -0.4 is 16.0 Å². The number of aliphatic hydroxyl groups is 1. The molecular weight excluding hydrogens is 392 g/mol. The molecule has 0 bridgehead atoms. The predicted molar refractivity (Wildman–Crippen MR) is 108 cm³/mol. The number of aliphatic carboxylic acids is 1. The van der Waals surface area contributed by atoms with Crippen molar-refractivity contribution in [2.45, 2.75) is 83.1 Å².